The van der Waals surface area contributed by atoms with Crippen LogP contribution in [0.4, 0.5) is 17.2 Å². The van der Waals surface area contributed by atoms with Crippen LogP contribution in [0.3, 0.4) is 0 Å². The Kier molecular flexibility index (Phi) is 4.67. The number of nitrogens with one attached hydrogen (secondary N) is 1. The number of aliphatic carboxylic acids is 1. The van der Waals surface area contributed by atoms with E-state index in [1.165, 1.54) is 12.1 Å². The van der Waals surface area contributed by atoms with E-state index in [1.54, 1.807) is 18.3 Å². The van der Waals surface area contributed by atoms with Crippen LogP contribution < -0.4 is 5.32 Å². The molecule has 2 aromatic heterocycles. The summed E-state index contributed by atoms with van der Waals surface area (Å²) in [7, 11) is 0. The van der Waals surface area contributed by atoms with Gasteiger partial charge in [0.2, 0.25) is 0 Å². The minimum absolute atomic E-state index is 0.104. The average molecular weight is 306 g/mol. The van der Waals surface area contributed by atoms with Crippen molar-refractivity contribution in [3.63, 3.8) is 0 Å². The highest BCUT2D eigenvalue weighted by Gasteiger charge is 2.09. The molecule has 8 nitrogen and oxygen atoms in total. The Morgan fingerprint density at radius 1 is 1.38 bits per heavy atom. The molecule has 2 heterocycles. The van der Waals surface area contributed by atoms with Crippen molar-refractivity contribution in [2.45, 2.75) is 5.03 Å². The first-order valence-electron chi connectivity index (χ1n) is 5.73. The van der Waals surface area contributed by atoms with Crippen LogP contribution in [0.2, 0.25) is 0 Å². The van der Waals surface area contributed by atoms with E-state index in [2.05, 4.69) is 15.3 Å². The van der Waals surface area contributed by atoms with E-state index in [1.807, 2.05) is 0 Å². The second-order valence-corrected chi connectivity index (χ2v) is 4.79. The second-order valence-electron chi connectivity index (χ2n) is 3.82. The molecule has 0 bridgehead atoms. The molecule has 0 atom stereocenters. The first-order valence-corrected chi connectivity index (χ1v) is 6.72. The van der Waals surface area contributed by atoms with Gasteiger partial charge in [-0.05, 0) is 18.2 Å². The number of hydrogen-bond acceptors (Lipinski definition) is 7. The highest BCUT2D eigenvalue weighted by Crippen LogP contribution is 2.27. The number of thioether (sulfide) groups is 1. The van der Waals surface area contributed by atoms with Gasteiger partial charge in [0.1, 0.15) is 17.0 Å². The van der Waals surface area contributed by atoms with E-state index in [-0.39, 0.29) is 11.4 Å². The van der Waals surface area contributed by atoms with Gasteiger partial charge in [0.15, 0.2) is 0 Å². The molecule has 0 aliphatic heterocycles. The lowest BCUT2D eigenvalue weighted by atomic mass is 10.4. The maximum absolute atomic E-state index is 10.6. The Hall–Kier alpha value is -2.68. The van der Waals surface area contributed by atoms with Crippen LogP contribution in [0.1, 0.15) is 0 Å². The highest BCUT2D eigenvalue weighted by atomic mass is 32.2. The van der Waals surface area contributed by atoms with Gasteiger partial charge in [0.05, 0.1) is 16.4 Å². The molecule has 0 aliphatic rings. The molecule has 2 N–H and O–H groups in total. The number of nitrogens with zero attached hydrogens (tertiary/aromatic N) is 3. The SMILES string of the molecule is O=C(O)CSc1ncccc1Nc1ccc([N+](=O)[O-])cn1. The fourth-order valence-corrected chi connectivity index (χ4v) is 2.11. The number of carboxylic acids is 1. The van der Waals surface area contributed by atoms with Crippen LogP contribution in [0, 0.1) is 10.1 Å². The van der Waals surface area contributed by atoms with Gasteiger partial charge in [0, 0.05) is 12.3 Å². The summed E-state index contributed by atoms with van der Waals surface area (Å²) in [5.74, 6) is -0.643. The molecule has 0 aromatic carbocycles. The molecule has 2 aromatic rings. The average Bonchev–Trinajstić information content (AvgIpc) is 2.47. The van der Waals surface area contributed by atoms with Crippen molar-refractivity contribution in [3.8, 4) is 0 Å². The van der Waals surface area contributed by atoms with Crippen LogP contribution in [0.5, 0.6) is 0 Å². The highest BCUT2D eigenvalue weighted by molar-refractivity contribution is 8.00. The lowest BCUT2D eigenvalue weighted by Gasteiger charge is -2.09. The third kappa shape index (κ3) is 4.14. The van der Waals surface area contributed by atoms with Gasteiger partial charge in [-0.3, -0.25) is 14.9 Å². The van der Waals surface area contributed by atoms with Gasteiger partial charge in [-0.2, -0.15) is 0 Å². The summed E-state index contributed by atoms with van der Waals surface area (Å²) in [6, 6.07) is 6.21. The third-order valence-electron chi connectivity index (χ3n) is 2.32. The Morgan fingerprint density at radius 3 is 2.81 bits per heavy atom. The van der Waals surface area contributed by atoms with Gasteiger partial charge in [-0.15, -0.1) is 0 Å². The zero-order valence-electron chi connectivity index (χ0n) is 10.6. The van der Waals surface area contributed by atoms with Crippen molar-refractivity contribution in [1.29, 1.82) is 0 Å². The summed E-state index contributed by atoms with van der Waals surface area (Å²) in [6.07, 6.45) is 2.70. The Morgan fingerprint density at radius 2 is 2.19 bits per heavy atom. The van der Waals surface area contributed by atoms with Gasteiger partial charge in [0.25, 0.3) is 5.69 Å². The number of hydrogen-bond donors (Lipinski definition) is 2. The minimum atomic E-state index is -0.940. The van der Waals surface area contributed by atoms with Gasteiger partial charge < -0.3 is 10.4 Å². The summed E-state index contributed by atoms with van der Waals surface area (Å²) in [5, 5.41) is 22.7. The Balaban J connectivity index is 2.15. The summed E-state index contributed by atoms with van der Waals surface area (Å²) < 4.78 is 0. The molecule has 0 saturated heterocycles. The lowest BCUT2D eigenvalue weighted by molar-refractivity contribution is -0.385. The molecule has 21 heavy (non-hydrogen) atoms. The lowest BCUT2D eigenvalue weighted by Crippen LogP contribution is -2.01. The van der Waals surface area contributed by atoms with Crippen LogP contribution in [-0.2, 0) is 4.79 Å². The van der Waals surface area contributed by atoms with Crippen molar-refractivity contribution >= 4 is 34.9 Å². The molecule has 108 valence electrons. The molecule has 0 radical (unpaired) electrons. The molecule has 0 fully saturated rings. The van der Waals surface area contributed by atoms with E-state index in [0.29, 0.717) is 16.5 Å². The standard InChI is InChI=1S/C12H10N4O4S/c17-11(18)7-21-12-9(2-1-5-13-12)15-10-4-3-8(6-14-10)16(19)20/h1-6H,7H2,(H,14,15)(H,17,18). The van der Waals surface area contributed by atoms with Crippen molar-refractivity contribution < 1.29 is 14.8 Å². The summed E-state index contributed by atoms with van der Waals surface area (Å²) in [5.41, 5.74) is 0.484. The zero-order chi connectivity index (χ0) is 15.2. The van der Waals surface area contributed by atoms with E-state index in [9.17, 15) is 14.9 Å². The number of aromatic nitrogens is 2. The molecule has 2 rings (SSSR count). The molecule has 9 heteroatoms. The minimum Gasteiger partial charge on any atom is -0.481 e. The van der Waals surface area contributed by atoms with Gasteiger partial charge >= 0.3 is 5.97 Å². The number of carbonyl (C=O) groups is 1. The molecular weight excluding hydrogens is 296 g/mol. The van der Waals surface area contributed by atoms with Crippen LogP contribution in [0.15, 0.2) is 41.7 Å². The van der Waals surface area contributed by atoms with Crippen LogP contribution >= 0.6 is 11.8 Å². The topological polar surface area (TPSA) is 118 Å². The predicted molar refractivity (Wildman–Crippen MR) is 76.8 cm³/mol. The maximum Gasteiger partial charge on any atom is 0.313 e. The molecular formula is C12H10N4O4S. The molecule has 0 aliphatic carbocycles. The van der Waals surface area contributed by atoms with Crippen molar-refractivity contribution in [2.24, 2.45) is 0 Å². The van der Waals surface area contributed by atoms with E-state index in [4.69, 9.17) is 5.11 Å². The number of nitro groups is 1. The van der Waals surface area contributed by atoms with E-state index in [0.717, 1.165) is 18.0 Å². The zero-order valence-corrected chi connectivity index (χ0v) is 11.4. The predicted octanol–water partition coefficient (Wildman–Crippen LogP) is 2.31. The number of rotatable bonds is 6. The smallest absolute Gasteiger partial charge is 0.313 e. The monoisotopic (exact) mass is 306 g/mol. The first kappa shape index (κ1) is 14.7. The van der Waals surface area contributed by atoms with Crippen molar-refractivity contribution in [1.82, 2.24) is 9.97 Å². The first-order chi connectivity index (χ1) is 10.1. The Labute approximate surface area is 123 Å². The fraction of sp³-hybridized carbons (Fsp3) is 0.0833. The largest absolute Gasteiger partial charge is 0.481 e. The third-order valence-corrected chi connectivity index (χ3v) is 3.31. The quantitative estimate of drug-likeness (QED) is 0.474. The fourth-order valence-electron chi connectivity index (χ4n) is 1.44. The Bertz CT molecular complexity index is 663. The van der Waals surface area contributed by atoms with Crippen LogP contribution in [-0.4, -0.2) is 31.7 Å². The number of pyridine rings is 2. The van der Waals surface area contributed by atoms with E-state index >= 15 is 0 Å². The summed E-state index contributed by atoms with van der Waals surface area (Å²) >= 11 is 1.07. The summed E-state index contributed by atoms with van der Waals surface area (Å²) in [6.45, 7) is 0. The number of carboxylic acid groups (broad SMARTS) is 1. The molecule has 0 spiro atoms. The summed E-state index contributed by atoms with van der Waals surface area (Å²) in [4.78, 5) is 28.6. The van der Waals surface area contributed by atoms with Crippen LogP contribution in [0.25, 0.3) is 0 Å². The maximum atomic E-state index is 10.6. The van der Waals surface area contributed by atoms with Gasteiger partial charge in [-0.25, -0.2) is 9.97 Å². The van der Waals surface area contributed by atoms with Crippen molar-refractivity contribution in [2.75, 3.05) is 11.1 Å². The molecule has 0 amide bonds. The van der Waals surface area contributed by atoms with E-state index < -0.39 is 10.9 Å². The molecule has 0 saturated carbocycles. The van der Waals surface area contributed by atoms with Gasteiger partial charge in [-0.1, -0.05) is 11.8 Å². The normalized spacial score (nSPS) is 10.1. The molecule has 0 unspecified atom stereocenters. The number of anilines is 2. The second kappa shape index (κ2) is 6.66. The van der Waals surface area contributed by atoms with Crippen molar-refractivity contribution in [3.05, 3.63) is 46.8 Å².